The van der Waals surface area contributed by atoms with Crippen LogP contribution in [0, 0.1) is 12.7 Å². The average Bonchev–Trinajstić information content (AvgIpc) is 2.80. The number of halogens is 1. The van der Waals surface area contributed by atoms with E-state index in [0.717, 1.165) is 5.69 Å². The molecule has 3 aromatic rings. The Morgan fingerprint density at radius 3 is 2.81 bits per heavy atom. The van der Waals surface area contributed by atoms with Crippen LogP contribution in [-0.4, -0.2) is 10.9 Å². The van der Waals surface area contributed by atoms with E-state index in [0.29, 0.717) is 20.7 Å². The van der Waals surface area contributed by atoms with Gasteiger partial charge in [0, 0.05) is 10.4 Å². The van der Waals surface area contributed by atoms with Gasteiger partial charge in [-0.2, -0.15) is 0 Å². The monoisotopic (exact) mass is 301 g/mol. The molecule has 0 aliphatic heterocycles. The van der Waals surface area contributed by atoms with Crippen molar-refractivity contribution in [3.63, 3.8) is 0 Å². The van der Waals surface area contributed by atoms with E-state index in [4.69, 9.17) is 5.73 Å². The summed E-state index contributed by atoms with van der Waals surface area (Å²) in [6, 6.07) is 8.22. The van der Waals surface area contributed by atoms with Crippen LogP contribution in [0.3, 0.4) is 0 Å². The number of hydrogen-bond acceptors (Lipinski definition) is 4. The molecule has 106 valence electrons. The van der Waals surface area contributed by atoms with Crippen molar-refractivity contribution in [2.75, 3.05) is 11.1 Å². The molecular formula is C15H12FN3OS. The van der Waals surface area contributed by atoms with E-state index < -0.39 is 5.82 Å². The number of carbonyl (C=O) groups excluding carboxylic acids is 1. The van der Waals surface area contributed by atoms with E-state index in [9.17, 15) is 9.18 Å². The first kappa shape index (κ1) is 13.5. The molecule has 0 atom stereocenters. The molecule has 0 aliphatic carbocycles. The lowest BCUT2D eigenvalue weighted by Crippen LogP contribution is -2.12. The first-order chi connectivity index (χ1) is 10.1. The fraction of sp³-hybridized carbons (Fsp3) is 0.0667. The highest BCUT2D eigenvalue weighted by Gasteiger charge is 2.18. The van der Waals surface area contributed by atoms with Gasteiger partial charge in [-0.1, -0.05) is 6.07 Å². The fourth-order valence-corrected chi connectivity index (χ4v) is 3.06. The summed E-state index contributed by atoms with van der Waals surface area (Å²) in [6.45, 7) is 1.86. The topological polar surface area (TPSA) is 68.0 Å². The number of thiophene rings is 1. The van der Waals surface area contributed by atoms with Gasteiger partial charge in [0.2, 0.25) is 0 Å². The molecule has 4 nitrogen and oxygen atoms in total. The third-order valence-electron chi connectivity index (χ3n) is 3.08. The van der Waals surface area contributed by atoms with Crippen LogP contribution in [0.25, 0.3) is 10.1 Å². The van der Waals surface area contributed by atoms with Gasteiger partial charge in [-0.3, -0.25) is 9.78 Å². The van der Waals surface area contributed by atoms with Gasteiger partial charge >= 0.3 is 0 Å². The summed E-state index contributed by atoms with van der Waals surface area (Å²) in [5.74, 6) is -0.781. The zero-order valence-corrected chi connectivity index (χ0v) is 12.0. The molecule has 1 aromatic carbocycles. The minimum absolute atomic E-state index is 0.172. The summed E-state index contributed by atoms with van der Waals surface area (Å²) in [6.07, 6.45) is 1.57. The van der Waals surface area contributed by atoms with E-state index in [2.05, 4.69) is 10.3 Å². The van der Waals surface area contributed by atoms with Gasteiger partial charge in [0.25, 0.3) is 5.91 Å². The van der Waals surface area contributed by atoms with Crippen molar-refractivity contribution in [2.24, 2.45) is 0 Å². The lowest BCUT2D eigenvalue weighted by Gasteiger charge is -2.04. The molecule has 2 heterocycles. The van der Waals surface area contributed by atoms with E-state index in [1.807, 2.05) is 6.92 Å². The first-order valence-corrected chi connectivity index (χ1v) is 7.08. The number of aromatic nitrogens is 1. The fourth-order valence-electron chi connectivity index (χ4n) is 2.03. The molecule has 1 amide bonds. The molecule has 0 spiro atoms. The predicted octanol–water partition coefficient (Wildman–Crippen LogP) is 3.58. The third-order valence-corrected chi connectivity index (χ3v) is 4.25. The molecule has 0 saturated heterocycles. The Morgan fingerprint density at radius 1 is 1.33 bits per heavy atom. The number of fused-ring (bicyclic) bond motifs is 1. The number of amides is 1. The minimum atomic E-state index is -0.419. The minimum Gasteiger partial charge on any atom is -0.397 e. The summed E-state index contributed by atoms with van der Waals surface area (Å²) in [4.78, 5) is 16.7. The molecule has 3 N–H and O–H groups in total. The number of hydrogen-bond donors (Lipinski definition) is 2. The normalized spacial score (nSPS) is 10.8. The van der Waals surface area contributed by atoms with Crippen LogP contribution >= 0.6 is 11.3 Å². The Labute approximate surface area is 124 Å². The Bertz CT molecular complexity index is 827. The van der Waals surface area contributed by atoms with Gasteiger partial charge in [-0.05, 0) is 31.2 Å². The number of benzene rings is 1. The lowest BCUT2D eigenvalue weighted by molar-refractivity contribution is 0.103. The van der Waals surface area contributed by atoms with Crippen molar-refractivity contribution in [3.05, 3.63) is 52.9 Å². The zero-order chi connectivity index (χ0) is 15.0. The number of aryl methyl sites for hydroxylation is 1. The van der Waals surface area contributed by atoms with Crippen molar-refractivity contribution >= 4 is 38.7 Å². The number of nitrogens with two attached hydrogens (primary N) is 1. The average molecular weight is 301 g/mol. The molecule has 0 radical (unpaired) electrons. The highest BCUT2D eigenvalue weighted by molar-refractivity contribution is 7.21. The lowest BCUT2D eigenvalue weighted by atomic mass is 10.2. The second-order valence-electron chi connectivity index (χ2n) is 4.60. The molecule has 3 rings (SSSR count). The maximum atomic E-state index is 13.8. The van der Waals surface area contributed by atoms with Gasteiger partial charge in [0.1, 0.15) is 10.7 Å². The number of pyridine rings is 1. The van der Waals surface area contributed by atoms with Gasteiger partial charge in [-0.15, -0.1) is 11.3 Å². The van der Waals surface area contributed by atoms with Crippen molar-refractivity contribution in [1.29, 1.82) is 0 Å². The predicted molar refractivity (Wildman–Crippen MR) is 83.1 cm³/mol. The molecule has 0 fully saturated rings. The van der Waals surface area contributed by atoms with Gasteiger partial charge in [0.15, 0.2) is 0 Å². The molecule has 2 aromatic heterocycles. The van der Waals surface area contributed by atoms with Crippen LogP contribution in [0.15, 0.2) is 36.5 Å². The van der Waals surface area contributed by atoms with E-state index >= 15 is 0 Å². The highest BCUT2D eigenvalue weighted by atomic mass is 32.1. The van der Waals surface area contributed by atoms with Gasteiger partial charge in [0.05, 0.1) is 23.0 Å². The summed E-state index contributed by atoms with van der Waals surface area (Å²) in [5, 5.41) is 3.01. The molecule has 0 unspecified atom stereocenters. The Kier molecular flexibility index (Phi) is 3.31. The number of rotatable bonds is 2. The maximum absolute atomic E-state index is 13.8. The molecular weight excluding hydrogens is 289 g/mol. The first-order valence-electron chi connectivity index (χ1n) is 6.27. The van der Waals surface area contributed by atoms with Crippen molar-refractivity contribution in [1.82, 2.24) is 4.98 Å². The quantitative estimate of drug-likeness (QED) is 0.760. The number of nitrogens with one attached hydrogen (secondary N) is 1. The summed E-state index contributed by atoms with van der Waals surface area (Å²) in [7, 11) is 0. The van der Waals surface area contributed by atoms with E-state index in [-0.39, 0.29) is 11.6 Å². The van der Waals surface area contributed by atoms with E-state index in [1.165, 1.54) is 17.4 Å². The number of anilines is 2. The summed E-state index contributed by atoms with van der Waals surface area (Å²) in [5.41, 5.74) is 7.51. The molecule has 0 bridgehead atoms. The van der Waals surface area contributed by atoms with Crippen LogP contribution in [0.1, 0.15) is 15.4 Å². The highest BCUT2D eigenvalue weighted by Crippen LogP contribution is 2.35. The van der Waals surface area contributed by atoms with Crippen molar-refractivity contribution in [2.45, 2.75) is 6.92 Å². The second-order valence-corrected chi connectivity index (χ2v) is 5.65. The molecule has 6 heteroatoms. The Morgan fingerprint density at radius 2 is 2.14 bits per heavy atom. The zero-order valence-electron chi connectivity index (χ0n) is 11.2. The van der Waals surface area contributed by atoms with Crippen LogP contribution in [0.2, 0.25) is 0 Å². The van der Waals surface area contributed by atoms with Gasteiger partial charge in [-0.25, -0.2) is 4.39 Å². The largest absolute Gasteiger partial charge is 0.397 e. The summed E-state index contributed by atoms with van der Waals surface area (Å²) >= 11 is 1.17. The second kappa shape index (κ2) is 5.14. The van der Waals surface area contributed by atoms with Crippen LogP contribution < -0.4 is 11.1 Å². The van der Waals surface area contributed by atoms with Crippen LogP contribution in [0.5, 0.6) is 0 Å². The molecule has 0 aliphatic rings. The van der Waals surface area contributed by atoms with Gasteiger partial charge < -0.3 is 11.1 Å². The summed E-state index contributed by atoms with van der Waals surface area (Å²) < 4.78 is 14.4. The molecule has 0 saturated carbocycles. The third kappa shape index (κ3) is 2.45. The number of carbonyl (C=O) groups is 1. The van der Waals surface area contributed by atoms with Crippen molar-refractivity contribution in [3.8, 4) is 0 Å². The maximum Gasteiger partial charge on any atom is 0.267 e. The van der Waals surface area contributed by atoms with Crippen molar-refractivity contribution < 1.29 is 9.18 Å². The smallest absolute Gasteiger partial charge is 0.267 e. The van der Waals surface area contributed by atoms with Crippen LogP contribution in [-0.2, 0) is 0 Å². The standard InChI is InChI=1S/C15H12FN3OS/c1-8-5-6-9(7-18-8)19-15(20)14-13(17)12-10(16)3-2-4-11(12)21-14/h2-7H,17H2,1H3,(H,19,20). The van der Waals surface area contributed by atoms with Crippen LogP contribution in [0.4, 0.5) is 15.8 Å². The van der Waals surface area contributed by atoms with E-state index in [1.54, 1.807) is 30.5 Å². The SMILES string of the molecule is Cc1ccc(NC(=O)c2sc3cccc(F)c3c2N)cn1. The Balaban J connectivity index is 1.96. The molecule has 21 heavy (non-hydrogen) atoms. The number of nitrogen functional groups attached to an aromatic ring is 1. The Hall–Kier alpha value is -2.47. The number of nitrogens with zero attached hydrogens (tertiary/aromatic N) is 1.